The van der Waals surface area contributed by atoms with Crippen molar-refractivity contribution >= 4 is 9.84 Å². The molecular weight excluding hydrogens is 282 g/mol. The van der Waals surface area contributed by atoms with E-state index in [-0.39, 0.29) is 5.75 Å². The molecule has 0 unspecified atom stereocenters. The molecule has 0 fully saturated rings. The van der Waals surface area contributed by atoms with Gasteiger partial charge in [0.25, 0.3) is 0 Å². The number of hydrogen-bond donors (Lipinski definition) is 0. The number of ether oxygens (including phenoxy) is 2. The molecular formula is C12H17N3O4S. The van der Waals surface area contributed by atoms with Gasteiger partial charge in [-0.25, -0.2) is 8.42 Å². The summed E-state index contributed by atoms with van der Waals surface area (Å²) >= 11 is 0. The van der Waals surface area contributed by atoms with Gasteiger partial charge in [-0.15, -0.1) is 0 Å². The van der Waals surface area contributed by atoms with Crippen LogP contribution in [0.5, 0.6) is 11.5 Å². The van der Waals surface area contributed by atoms with Crippen molar-refractivity contribution in [2.75, 3.05) is 25.7 Å². The molecule has 20 heavy (non-hydrogen) atoms. The third kappa shape index (κ3) is 4.64. The monoisotopic (exact) mass is 299 g/mol. The van der Waals surface area contributed by atoms with Gasteiger partial charge in [0.2, 0.25) is 0 Å². The smallest absolute Gasteiger partial charge is 0.161 e. The summed E-state index contributed by atoms with van der Waals surface area (Å²) in [7, 11) is -1.76. The number of sulfone groups is 1. The number of azide groups is 1. The Labute approximate surface area is 118 Å². The van der Waals surface area contributed by atoms with Crippen molar-refractivity contribution < 1.29 is 17.9 Å². The van der Waals surface area contributed by atoms with Crippen LogP contribution in [0.1, 0.15) is 18.5 Å². The van der Waals surface area contributed by atoms with Crippen molar-refractivity contribution in [3.63, 3.8) is 0 Å². The van der Waals surface area contributed by atoms with Gasteiger partial charge in [-0.2, -0.15) is 0 Å². The lowest BCUT2D eigenvalue weighted by atomic mass is 10.1. The van der Waals surface area contributed by atoms with Crippen molar-refractivity contribution in [2.45, 2.75) is 13.0 Å². The third-order valence-corrected chi connectivity index (χ3v) is 3.45. The Morgan fingerprint density at radius 1 is 1.40 bits per heavy atom. The van der Waals surface area contributed by atoms with Crippen molar-refractivity contribution in [1.29, 1.82) is 0 Å². The molecule has 1 rings (SSSR count). The lowest BCUT2D eigenvalue weighted by Crippen LogP contribution is -2.11. The summed E-state index contributed by atoms with van der Waals surface area (Å²) in [6, 6.07) is 4.15. The number of hydrogen-bond acceptors (Lipinski definition) is 5. The standard InChI is InChI=1S/C12H17N3O4S/c1-4-19-12-7-9(5-6-11(12)18-2)10(14-15-13)8-20(3,16)17/h5-7,10H,4,8H2,1-3H3/t10-/m1/s1. The summed E-state index contributed by atoms with van der Waals surface area (Å²) in [6.45, 7) is 2.27. The summed E-state index contributed by atoms with van der Waals surface area (Å²) in [5.41, 5.74) is 9.14. The zero-order valence-electron chi connectivity index (χ0n) is 11.6. The average molecular weight is 299 g/mol. The molecule has 0 spiro atoms. The Morgan fingerprint density at radius 3 is 2.60 bits per heavy atom. The highest BCUT2D eigenvalue weighted by Gasteiger charge is 2.18. The first-order valence-electron chi connectivity index (χ1n) is 5.94. The predicted molar refractivity (Wildman–Crippen MR) is 75.8 cm³/mol. The molecule has 0 radical (unpaired) electrons. The number of rotatable bonds is 7. The van der Waals surface area contributed by atoms with Crippen LogP contribution < -0.4 is 9.47 Å². The molecule has 0 saturated carbocycles. The van der Waals surface area contributed by atoms with E-state index in [2.05, 4.69) is 10.0 Å². The summed E-state index contributed by atoms with van der Waals surface area (Å²) in [5, 5.41) is 3.54. The van der Waals surface area contributed by atoms with Crippen LogP contribution in [0.3, 0.4) is 0 Å². The summed E-state index contributed by atoms with van der Waals surface area (Å²) in [6.07, 6.45) is 1.10. The molecule has 0 saturated heterocycles. The second kappa shape index (κ2) is 7.02. The maximum absolute atomic E-state index is 11.4. The van der Waals surface area contributed by atoms with E-state index in [9.17, 15) is 8.42 Å². The van der Waals surface area contributed by atoms with Crippen molar-refractivity contribution in [3.05, 3.63) is 34.2 Å². The van der Waals surface area contributed by atoms with Gasteiger partial charge < -0.3 is 9.47 Å². The molecule has 1 aromatic carbocycles. The van der Waals surface area contributed by atoms with Crippen molar-refractivity contribution in [1.82, 2.24) is 0 Å². The first-order chi connectivity index (χ1) is 9.41. The molecule has 7 nitrogen and oxygen atoms in total. The largest absolute Gasteiger partial charge is 0.493 e. The van der Waals surface area contributed by atoms with Gasteiger partial charge in [0, 0.05) is 11.2 Å². The van der Waals surface area contributed by atoms with Gasteiger partial charge in [0.1, 0.15) is 9.84 Å². The normalized spacial score (nSPS) is 12.3. The Kier molecular flexibility index (Phi) is 5.66. The van der Waals surface area contributed by atoms with Crippen LogP contribution in [0.2, 0.25) is 0 Å². The van der Waals surface area contributed by atoms with E-state index in [1.807, 2.05) is 6.92 Å². The van der Waals surface area contributed by atoms with Crippen LogP contribution in [-0.4, -0.2) is 34.1 Å². The Balaban J connectivity index is 3.20. The van der Waals surface area contributed by atoms with E-state index in [1.54, 1.807) is 18.2 Å². The van der Waals surface area contributed by atoms with E-state index < -0.39 is 15.9 Å². The summed E-state index contributed by atoms with van der Waals surface area (Å²) in [5.74, 6) is 0.767. The second-order valence-electron chi connectivity index (χ2n) is 4.16. The van der Waals surface area contributed by atoms with E-state index >= 15 is 0 Å². The van der Waals surface area contributed by atoms with Crippen LogP contribution >= 0.6 is 0 Å². The summed E-state index contributed by atoms with van der Waals surface area (Å²) in [4.78, 5) is 2.70. The zero-order chi connectivity index (χ0) is 15.2. The lowest BCUT2D eigenvalue weighted by molar-refractivity contribution is 0.310. The highest BCUT2D eigenvalue weighted by Crippen LogP contribution is 2.32. The predicted octanol–water partition coefficient (Wildman–Crippen LogP) is 2.49. The Bertz CT molecular complexity index is 609. The molecule has 0 N–H and O–H groups in total. The van der Waals surface area contributed by atoms with Gasteiger partial charge in [-0.1, -0.05) is 11.2 Å². The second-order valence-corrected chi connectivity index (χ2v) is 6.34. The SMILES string of the molecule is CCOc1cc([C@@H](CS(C)(=O)=O)N=[N+]=[N-])ccc1OC. The van der Waals surface area contributed by atoms with Crippen LogP contribution in [0.4, 0.5) is 0 Å². The quantitative estimate of drug-likeness (QED) is 0.438. The molecule has 1 aromatic rings. The first-order valence-corrected chi connectivity index (χ1v) is 8.00. The minimum Gasteiger partial charge on any atom is -0.493 e. The van der Waals surface area contributed by atoms with Crippen molar-refractivity contribution in [3.8, 4) is 11.5 Å². The first kappa shape index (κ1) is 16.1. The molecule has 0 heterocycles. The van der Waals surface area contributed by atoms with Crippen LogP contribution in [0, 0.1) is 0 Å². The molecule has 0 aliphatic carbocycles. The molecule has 110 valence electrons. The van der Waals surface area contributed by atoms with Crippen LogP contribution in [0.25, 0.3) is 10.4 Å². The topological polar surface area (TPSA) is 101 Å². The fraction of sp³-hybridized carbons (Fsp3) is 0.500. The fourth-order valence-corrected chi connectivity index (χ4v) is 2.55. The molecule has 8 heteroatoms. The maximum atomic E-state index is 11.4. The van der Waals surface area contributed by atoms with Crippen molar-refractivity contribution in [2.24, 2.45) is 5.11 Å². The number of methoxy groups -OCH3 is 1. The molecule has 1 atom stereocenters. The molecule has 0 aromatic heterocycles. The molecule has 0 bridgehead atoms. The number of benzene rings is 1. The number of nitrogens with zero attached hydrogens (tertiary/aromatic N) is 3. The van der Waals surface area contributed by atoms with Gasteiger partial charge in [-0.3, -0.25) is 0 Å². The summed E-state index contributed by atoms with van der Waals surface area (Å²) < 4.78 is 33.3. The van der Waals surface area contributed by atoms with E-state index in [0.717, 1.165) is 6.26 Å². The highest BCUT2D eigenvalue weighted by atomic mass is 32.2. The van der Waals surface area contributed by atoms with Gasteiger partial charge in [0.05, 0.1) is 25.5 Å². The average Bonchev–Trinajstić information content (AvgIpc) is 2.37. The van der Waals surface area contributed by atoms with E-state index in [1.165, 1.54) is 7.11 Å². The highest BCUT2D eigenvalue weighted by molar-refractivity contribution is 7.90. The zero-order valence-corrected chi connectivity index (χ0v) is 12.4. The minimum atomic E-state index is -3.27. The van der Waals surface area contributed by atoms with E-state index in [0.29, 0.717) is 23.7 Å². The molecule has 0 amide bonds. The minimum absolute atomic E-state index is 0.255. The lowest BCUT2D eigenvalue weighted by Gasteiger charge is -2.14. The Morgan fingerprint density at radius 2 is 2.10 bits per heavy atom. The van der Waals surface area contributed by atoms with Gasteiger partial charge in [0.15, 0.2) is 11.5 Å². The van der Waals surface area contributed by atoms with Crippen LogP contribution in [0.15, 0.2) is 23.3 Å². The van der Waals surface area contributed by atoms with E-state index in [4.69, 9.17) is 15.0 Å². The van der Waals surface area contributed by atoms with Gasteiger partial charge in [-0.05, 0) is 30.2 Å². The Hall–Kier alpha value is -1.92. The van der Waals surface area contributed by atoms with Gasteiger partial charge >= 0.3 is 0 Å². The molecule has 0 aliphatic rings. The van der Waals surface area contributed by atoms with Crippen LogP contribution in [-0.2, 0) is 9.84 Å². The third-order valence-electron chi connectivity index (χ3n) is 2.52. The maximum Gasteiger partial charge on any atom is 0.161 e. The fourth-order valence-electron chi connectivity index (χ4n) is 1.71. The molecule has 0 aliphatic heterocycles.